The maximum absolute atomic E-state index is 12.6. The highest BCUT2D eigenvalue weighted by atomic mass is 32.2. The van der Waals surface area contributed by atoms with E-state index in [0.29, 0.717) is 25.6 Å². The van der Waals surface area contributed by atoms with Gasteiger partial charge in [-0.25, -0.2) is 0 Å². The molecule has 1 unspecified atom stereocenters. The van der Waals surface area contributed by atoms with Crippen LogP contribution >= 0.6 is 0 Å². The number of nitrogens with one attached hydrogen (secondary N) is 1. The Morgan fingerprint density at radius 3 is 2.62 bits per heavy atom. The fourth-order valence-corrected chi connectivity index (χ4v) is 4.27. The minimum absolute atomic E-state index is 0.590. The molecule has 0 aromatic rings. The number of hydrogen-bond donors (Lipinski definition) is 1. The monoisotopic (exact) mass is 319 g/mol. The SMILES string of the molecule is CCCNCCCN(C)S(=O)(=O)N1CCCC(CC)CC1. The van der Waals surface area contributed by atoms with Gasteiger partial charge >= 0.3 is 0 Å². The van der Waals surface area contributed by atoms with Crippen LogP contribution in [0, 0.1) is 5.92 Å². The minimum atomic E-state index is -3.27. The molecule has 126 valence electrons. The lowest BCUT2D eigenvalue weighted by atomic mass is 9.98. The number of nitrogens with zero attached hydrogens (tertiary/aromatic N) is 2. The van der Waals surface area contributed by atoms with E-state index < -0.39 is 10.2 Å². The van der Waals surface area contributed by atoms with E-state index in [9.17, 15) is 8.42 Å². The summed E-state index contributed by atoms with van der Waals surface area (Å²) in [5, 5.41) is 3.31. The van der Waals surface area contributed by atoms with E-state index in [0.717, 1.165) is 51.6 Å². The molecule has 1 fully saturated rings. The van der Waals surface area contributed by atoms with Gasteiger partial charge in [0.2, 0.25) is 0 Å². The van der Waals surface area contributed by atoms with Gasteiger partial charge in [-0.3, -0.25) is 0 Å². The van der Waals surface area contributed by atoms with Crippen LogP contribution < -0.4 is 5.32 Å². The molecule has 1 saturated heterocycles. The Kier molecular flexibility index (Phi) is 8.78. The van der Waals surface area contributed by atoms with Crippen molar-refractivity contribution in [2.24, 2.45) is 5.92 Å². The van der Waals surface area contributed by atoms with Crippen LogP contribution in [0.4, 0.5) is 0 Å². The molecule has 1 rings (SSSR count). The second-order valence-electron chi connectivity index (χ2n) is 6.04. The summed E-state index contributed by atoms with van der Waals surface area (Å²) in [5.41, 5.74) is 0. The van der Waals surface area contributed by atoms with E-state index in [1.807, 2.05) is 0 Å². The predicted molar refractivity (Wildman–Crippen MR) is 88.5 cm³/mol. The van der Waals surface area contributed by atoms with E-state index in [4.69, 9.17) is 0 Å². The van der Waals surface area contributed by atoms with E-state index in [2.05, 4.69) is 19.2 Å². The molecule has 6 heteroatoms. The molecule has 1 atom stereocenters. The van der Waals surface area contributed by atoms with Crippen molar-refractivity contribution in [3.63, 3.8) is 0 Å². The average molecular weight is 320 g/mol. The average Bonchev–Trinajstić information content (AvgIpc) is 2.72. The summed E-state index contributed by atoms with van der Waals surface area (Å²) < 4.78 is 28.4. The first-order valence-electron chi connectivity index (χ1n) is 8.44. The lowest BCUT2D eigenvalue weighted by molar-refractivity contribution is 0.357. The molecule has 0 aromatic heterocycles. The third-order valence-electron chi connectivity index (χ3n) is 4.36. The van der Waals surface area contributed by atoms with Crippen LogP contribution in [0.15, 0.2) is 0 Å². The first-order chi connectivity index (χ1) is 10.0. The second-order valence-corrected chi connectivity index (χ2v) is 8.07. The molecule has 0 spiro atoms. The quantitative estimate of drug-likeness (QED) is 0.662. The lowest BCUT2D eigenvalue weighted by Crippen LogP contribution is -2.43. The van der Waals surface area contributed by atoms with E-state index >= 15 is 0 Å². The number of hydrogen-bond acceptors (Lipinski definition) is 3. The molecule has 1 aliphatic rings. The van der Waals surface area contributed by atoms with Gasteiger partial charge in [-0.1, -0.05) is 20.3 Å². The summed E-state index contributed by atoms with van der Waals surface area (Å²) in [6.07, 6.45) is 6.28. The van der Waals surface area contributed by atoms with Crippen molar-refractivity contribution in [3.05, 3.63) is 0 Å². The highest BCUT2D eigenvalue weighted by molar-refractivity contribution is 7.86. The molecule has 5 nitrogen and oxygen atoms in total. The molecule has 0 aromatic carbocycles. The maximum Gasteiger partial charge on any atom is 0.281 e. The van der Waals surface area contributed by atoms with Gasteiger partial charge in [0, 0.05) is 26.7 Å². The molecular formula is C15H33N3O2S. The summed E-state index contributed by atoms with van der Waals surface area (Å²) in [6.45, 7) is 8.16. The molecule has 0 saturated carbocycles. The standard InChI is InChI=1S/C15H33N3O2S/c1-4-10-16-11-7-12-17(3)21(19,20)18-13-6-8-15(5-2)9-14-18/h15-16H,4-14H2,1-3H3. The Hall–Kier alpha value is -0.170. The summed E-state index contributed by atoms with van der Waals surface area (Å²) >= 11 is 0. The van der Waals surface area contributed by atoms with Crippen molar-refractivity contribution in [3.8, 4) is 0 Å². The summed E-state index contributed by atoms with van der Waals surface area (Å²) in [4.78, 5) is 0. The zero-order chi connectivity index (χ0) is 15.7. The Morgan fingerprint density at radius 2 is 1.95 bits per heavy atom. The van der Waals surface area contributed by atoms with Gasteiger partial charge in [-0.2, -0.15) is 17.0 Å². The van der Waals surface area contributed by atoms with Crippen molar-refractivity contribution in [1.29, 1.82) is 0 Å². The Balaban J connectivity index is 2.43. The van der Waals surface area contributed by atoms with Crippen LogP contribution in [0.3, 0.4) is 0 Å². The van der Waals surface area contributed by atoms with Crippen molar-refractivity contribution < 1.29 is 8.42 Å². The van der Waals surface area contributed by atoms with Crippen LogP contribution in [0.25, 0.3) is 0 Å². The predicted octanol–water partition coefficient (Wildman–Crippen LogP) is 2.06. The molecule has 0 radical (unpaired) electrons. The summed E-state index contributed by atoms with van der Waals surface area (Å²) in [5.74, 6) is 0.689. The molecular weight excluding hydrogens is 286 g/mol. The van der Waals surface area contributed by atoms with Crippen molar-refractivity contribution >= 4 is 10.2 Å². The summed E-state index contributed by atoms with van der Waals surface area (Å²) in [6, 6.07) is 0. The van der Waals surface area contributed by atoms with Crippen LogP contribution in [0.2, 0.25) is 0 Å². The first-order valence-corrected chi connectivity index (χ1v) is 9.84. The Bertz CT molecular complexity index is 373. The van der Waals surface area contributed by atoms with Gasteiger partial charge in [0.1, 0.15) is 0 Å². The first kappa shape index (κ1) is 18.9. The highest BCUT2D eigenvalue weighted by Crippen LogP contribution is 2.22. The van der Waals surface area contributed by atoms with E-state index in [1.54, 1.807) is 11.4 Å². The van der Waals surface area contributed by atoms with E-state index in [-0.39, 0.29) is 0 Å². The fourth-order valence-electron chi connectivity index (χ4n) is 2.82. The van der Waals surface area contributed by atoms with Crippen LogP contribution in [0.5, 0.6) is 0 Å². The molecule has 0 amide bonds. The smallest absolute Gasteiger partial charge is 0.281 e. The van der Waals surface area contributed by atoms with Crippen molar-refractivity contribution in [1.82, 2.24) is 13.9 Å². The third kappa shape index (κ3) is 6.22. The largest absolute Gasteiger partial charge is 0.317 e. The van der Waals surface area contributed by atoms with Crippen molar-refractivity contribution in [2.45, 2.75) is 52.4 Å². The van der Waals surface area contributed by atoms with Crippen LogP contribution in [-0.4, -0.2) is 56.8 Å². The van der Waals surface area contributed by atoms with Crippen LogP contribution in [0.1, 0.15) is 52.4 Å². The molecule has 0 aliphatic carbocycles. The van der Waals surface area contributed by atoms with Gasteiger partial charge in [-0.15, -0.1) is 0 Å². The normalized spacial score (nSPS) is 21.6. The van der Waals surface area contributed by atoms with E-state index in [1.165, 1.54) is 4.31 Å². The molecule has 1 heterocycles. The van der Waals surface area contributed by atoms with Crippen LogP contribution in [-0.2, 0) is 10.2 Å². The van der Waals surface area contributed by atoms with Gasteiger partial charge < -0.3 is 5.32 Å². The Morgan fingerprint density at radius 1 is 1.19 bits per heavy atom. The minimum Gasteiger partial charge on any atom is -0.317 e. The lowest BCUT2D eigenvalue weighted by Gasteiger charge is -2.26. The van der Waals surface area contributed by atoms with Gasteiger partial charge in [0.05, 0.1) is 0 Å². The number of rotatable bonds is 9. The summed E-state index contributed by atoms with van der Waals surface area (Å²) in [7, 11) is -1.57. The van der Waals surface area contributed by atoms with Crippen molar-refractivity contribution in [2.75, 3.05) is 39.8 Å². The Labute approximate surface area is 131 Å². The zero-order valence-electron chi connectivity index (χ0n) is 14.0. The molecule has 21 heavy (non-hydrogen) atoms. The molecule has 1 aliphatic heterocycles. The zero-order valence-corrected chi connectivity index (χ0v) is 14.8. The second kappa shape index (κ2) is 9.77. The van der Waals surface area contributed by atoms with Gasteiger partial charge in [-0.05, 0) is 51.1 Å². The topological polar surface area (TPSA) is 52.7 Å². The molecule has 0 bridgehead atoms. The third-order valence-corrected chi connectivity index (χ3v) is 6.35. The maximum atomic E-state index is 12.6. The van der Waals surface area contributed by atoms with Gasteiger partial charge in [0.25, 0.3) is 10.2 Å². The van der Waals surface area contributed by atoms with Gasteiger partial charge in [0.15, 0.2) is 0 Å². The fraction of sp³-hybridized carbons (Fsp3) is 1.00. The molecule has 1 N–H and O–H groups in total. The highest BCUT2D eigenvalue weighted by Gasteiger charge is 2.28.